The molecule has 5 nitrogen and oxygen atoms in total. The highest BCUT2D eigenvalue weighted by Gasteiger charge is 2.42. The van der Waals surface area contributed by atoms with Crippen molar-refractivity contribution in [2.45, 2.75) is 31.7 Å². The van der Waals surface area contributed by atoms with Crippen LogP contribution in [0.15, 0.2) is 43.0 Å². The second-order valence-electron chi connectivity index (χ2n) is 8.15. The van der Waals surface area contributed by atoms with E-state index in [2.05, 4.69) is 14.8 Å². The largest absolute Gasteiger partial charge is 0.338 e. The zero-order valence-electron chi connectivity index (χ0n) is 15.1. The molecule has 1 amide bonds. The fourth-order valence-corrected chi connectivity index (χ4v) is 5.30. The van der Waals surface area contributed by atoms with Gasteiger partial charge in [0.25, 0.3) is 5.91 Å². The van der Waals surface area contributed by atoms with E-state index in [1.54, 1.807) is 12.5 Å². The lowest BCUT2D eigenvalue weighted by Gasteiger charge is -2.52. The fourth-order valence-electron chi connectivity index (χ4n) is 5.30. The van der Waals surface area contributed by atoms with Crippen LogP contribution < -0.4 is 0 Å². The van der Waals surface area contributed by atoms with Crippen LogP contribution in [0.2, 0.25) is 0 Å². The summed E-state index contributed by atoms with van der Waals surface area (Å²) in [6.07, 6.45) is 10.8. The van der Waals surface area contributed by atoms with Gasteiger partial charge in [0.15, 0.2) is 0 Å². The molecule has 1 aromatic carbocycles. The Hall–Kier alpha value is -2.14. The highest BCUT2D eigenvalue weighted by Crippen LogP contribution is 2.37. The van der Waals surface area contributed by atoms with Gasteiger partial charge in [0.05, 0.1) is 6.33 Å². The maximum Gasteiger partial charge on any atom is 0.253 e. The normalized spacial score (nSPS) is 28.6. The Labute approximate surface area is 154 Å². The van der Waals surface area contributed by atoms with Crippen molar-refractivity contribution in [1.29, 1.82) is 0 Å². The summed E-state index contributed by atoms with van der Waals surface area (Å²) in [4.78, 5) is 22.0. The predicted octanol–water partition coefficient (Wildman–Crippen LogP) is 2.82. The monoisotopic (exact) mass is 350 g/mol. The maximum atomic E-state index is 13.1. The van der Waals surface area contributed by atoms with Crippen LogP contribution in [0.25, 0.3) is 5.69 Å². The summed E-state index contributed by atoms with van der Waals surface area (Å²) in [7, 11) is 0. The van der Waals surface area contributed by atoms with E-state index in [0.717, 1.165) is 24.3 Å². The van der Waals surface area contributed by atoms with Gasteiger partial charge in [0, 0.05) is 49.3 Å². The molecule has 26 heavy (non-hydrogen) atoms. The molecule has 3 fully saturated rings. The summed E-state index contributed by atoms with van der Waals surface area (Å²) in [5.41, 5.74) is 1.83. The quantitative estimate of drug-likeness (QED) is 0.836. The SMILES string of the molecule is O=C(c1ccc(-n2ccnc2)cc1)N1C[C@@H]2C[C@H](C1)[C@@H]1CCCCN1C2. The van der Waals surface area contributed by atoms with E-state index < -0.39 is 0 Å². The first-order valence-electron chi connectivity index (χ1n) is 9.89. The maximum absolute atomic E-state index is 13.1. The van der Waals surface area contributed by atoms with Crippen LogP contribution in [0, 0.1) is 11.8 Å². The van der Waals surface area contributed by atoms with Crippen molar-refractivity contribution in [3.8, 4) is 5.69 Å². The van der Waals surface area contributed by atoms with Crippen molar-refractivity contribution in [2.75, 3.05) is 26.2 Å². The molecule has 2 aromatic rings. The first-order chi connectivity index (χ1) is 12.8. The number of nitrogens with zero attached hydrogens (tertiary/aromatic N) is 4. The summed E-state index contributed by atoms with van der Waals surface area (Å²) >= 11 is 0. The van der Waals surface area contributed by atoms with E-state index in [4.69, 9.17) is 0 Å². The second-order valence-corrected chi connectivity index (χ2v) is 8.15. The smallest absolute Gasteiger partial charge is 0.253 e. The van der Waals surface area contributed by atoms with Crippen LogP contribution in [0.3, 0.4) is 0 Å². The molecule has 0 N–H and O–H groups in total. The van der Waals surface area contributed by atoms with Crippen molar-refractivity contribution >= 4 is 5.91 Å². The van der Waals surface area contributed by atoms with Gasteiger partial charge in [-0.15, -0.1) is 0 Å². The van der Waals surface area contributed by atoms with Gasteiger partial charge in [0.2, 0.25) is 0 Å². The van der Waals surface area contributed by atoms with E-state index in [0.29, 0.717) is 17.9 Å². The van der Waals surface area contributed by atoms with Gasteiger partial charge in [-0.25, -0.2) is 4.98 Å². The molecule has 3 aliphatic heterocycles. The van der Waals surface area contributed by atoms with Crippen LogP contribution in [0.1, 0.15) is 36.0 Å². The third kappa shape index (κ3) is 2.84. The number of hydrogen-bond acceptors (Lipinski definition) is 3. The Morgan fingerprint density at radius 2 is 1.96 bits per heavy atom. The number of fused-ring (bicyclic) bond motifs is 4. The first-order valence-corrected chi connectivity index (χ1v) is 9.89. The number of carbonyl (C=O) groups excluding carboxylic acids is 1. The highest BCUT2D eigenvalue weighted by molar-refractivity contribution is 5.94. The van der Waals surface area contributed by atoms with Crippen LogP contribution >= 0.6 is 0 Å². The average molecular weight is 350 g/mol. The minimum absolute atomic E-state index is 0.196. The molecular formula is C21H26N4O. The lowest BCUT2D eigenvalue weighted by molar-refractivity contribution is -0.0243. The average Bonchev–Trinajstić information content (AvgIpc) is 3.22. The molecule has 3 saturated heterocycles. The van der Waals surface area contributed by atoms with Crippen molar-refractivity contribution in [3.05, 3.63) is 48.5 Å². The van der Waals surface area contributed by atoms with Gasteiger partial charge >= 0.3 is 0 Å². The van der Waals surface area contributed by atoms with E-state index in [1.807, 2.05) is 35.0 Å². The minimum atomic E-state index is 0.196. The Bertz CT molecular complexity index is 770. The molecule has 0 aliphatic carbocycles. The number of benzene rings is 1. The lowest BCUT2D eigenvalue weighted by Crippen LogP contribution is -2.59. The number of hydrogen-bond donors (Lipinski definition) is 0. The Kier molecular flexibility index (Phi) is 4.04. The number of piperidine rings is 3. The Balaban J connectivity index is 1.31. The number of rotatable bonds is 2. The summed E-state index contributed by atoms with van der Waals surface area (Å²) < 4.78 is 1.96. The van der Waals surface area contributed by atoms with E-state index in [9.17, 15) is 4.79 Å². The molecular weight excluding hydrogens is 324 g/mol. The van der Waals surface area contributed by atoms with Crippen molar-refractivity contribution in [2.24, 2.45) is 11.8 Å². The molecule has 0 spiro atoms. The van der Waals surface area contributed by atoms with Crippen LogP contribution in [0.4, 0.5) is 0 Å². The van der Waals surface area contributed by atoms with Crippen LogP contribution in [-0.2, 0) is 0 Å². The Morgan fingerprint density at radius 1 is 1.08 bits per heavy atom. The van der Waals surface area contributed by atoms with Gasteiger partial charge in [-0.05, 0) is 61.9 Å². The van der Waals surface area contributed by atoms with Crippen molar-refractivity contribution < 1.29 is 4.79 Å². The molecule has 0 unspecified atom stereocenters. The standard InChI is InChI=1S/C21H26N4O/c26-21(17-4-6-19(7-5-17)24-10-8-22-15-24)25-13-16-11-18(14-25)20-3-1-2-9-23(20)12-16/h4-8,10,15-16,18,20H,1-3,9,11-14H2/t16-,18-,20+/m1/s1. The zero-order chi connectivity index (χ0) is 17.5. The van der Waals surface area contributed by atoms with Gasteiger partial charge in [0.1, 0.15) is 0 Å². The number of amides is 1. The molecule has 136 valence electrons. The van der Waals surface area contributed by atoms with Crippen LogP contribution in [0.5, 0.6) is 0 Å². The van der Waals surface area contributed by atoms with Crippen molar-refractivity contribution in [3.63, 3.8) is 0 Å². The number of likely N-dealkylation sites (tertiary alicyclic amines) is 1. The first kappa shape index (κ1) is 16.1. The summed E-state index contributed by atoms with van der Waals surface area (Å²) in [6, 6.07) is 8.62. The number of carbonyl (C=O) groups is 1. The predicted molar refractivity (Wildman–Crippen MR) is 100 cm³/mol. The van der Waals surface area contributed by atoms with Gasteiger partial charge in [-0.2, -0.15) is 0 Å². The molecule has 0 saturated carbocycles. The highest BCUT2D eigenvalue weighted by atomic mass is 16.2. The number of aromatic nitrogens is 2. The van der Waals surface area contributed by atoms with E-state index in [1.165, 1.54) is 38.8 Å². The minimum Gasteiger partial charge on any atom is -0.338 e. The molecule has 4 heterocycles. The second kappa shape index (κ2) is 6.54. The third-order valence-corrected chi connectivity index (χ3v) is 6.47. The van der Waals surface area contributed by atoms with Gasteiger partial charge in [-0.1, -0.05) is 6.42 Å². The molecule has 1 aromatic heterocycles. The summed E-state index contributed by atoms with van der Waals surface area (Å²) in [6.45, 7) is 4.30. The molecule has 5 rings (SSSR count). The van der Waals surface area contributed by atoms with Gasteiger partial charge in [-0.3, -0.25) is 9.69 Å². The lowest BCUT2D eigenvalue weighted by atomic mass is 9.76. The molecule has 5 heteroatoms. The van der Waals surface area contributed by atoms with E-state index >= 15 is 0 Å². The van der Waals surface area contributed by atoms with E-state index in [-0.39, 0.29) is 5.91 Å². The fraction of sp³-hybridized carbons (Fsp3) is 0.524. The Morgan fingerprint density at radius 3 is 2.77 bits per heavy atom. The van der Waals surface area contributed by atoms with Crippen molar-refractivity contribution in [1.82, 2.24) is 19.4 Å². The molecule has 3 atom stereocenters. The molecule has 0 radical (unpaired) electrons. The molecule has 3 aliphatic rings. The van der Waals surface area contributed by atoms with Gasteiger partial charge < -0.3 is 9.47 Å². The zero-order valence-corrected chi connectivity index (χ0v) is 15.1. The third-order valence-electron chi connectivity index (χ3n) is 6.47. The van der Waals surface area contributed by atoms with Crippen LogP contribution in [-0.4, -0.2) is 57.5 Å². The number of imidazole rings is 1. The summed E-state index contributed by atoms with van der Waals surface area (Å²) in [5.74, 6) is 1.51. The molecule has 2 bridgehead atoms. The summed E-state index contributed by atoms with van der Waals surface area (Å²) in [5, 5.41) is 0. The topological polar surface area (TPSA) is 41.4 Å².